The van der Waals surface area contributed by atoms with E-state index in [1.807, 2.05) is 32.9 Å². The number of urea groups is 3. The van der Waals surface area contributed by atoms with Crippen LogP contribution in [0.2, 0.25) is 0 Å². The van der Waals surface area contributed by atoms with Gasteiger partial charge in [0.05, 0.1) is 39.6 Å². The molecule has 3 aliphatic heterocycles. The smallest absolute Gasteiger partial charge is 0.322 e. The lowest BCUT2D eigenvalue weighted by atomic mass is 10.1. The van der Waals surface area contributed by atoms with Gasteiger partial charge in [-0.25, -0.2) is 14.4 Å². The van der Waals surface area contributed by atoms with Crippen molar-refractivity contribution < 1.29 is 28.6 Å². The number of rotatable bonds is 6. The highest BCUT2D eigenvalue weighted by Gasteiger charge is 2.24. The van der Waals surface area contributed by atoms with E-state index in [-0.39, 0.29) is 18.1 Å². The third-order valence-electron chi connectivity index (χ3n) is 15.6. The quantitative estimate of drug-likeness (QED) is 0.152. The van der Waals surface area contributed by atoms with Crippen molar-refractivity contribution in [2.45, 2.75) is 80.4 Å². The van der Waals surface area contributed by atoms with Crippen LogP contribution in [0.1, 0.15) is 76.4 Å². The number of amides is 6. The predicted molar refractivity (Wildman–Crippen MR) is 318 cm³/mol. The summed E-state index contributed by atoms with van der Waals surface area (Å²) in [5, 5.41) is 16.6. The highest BCUT2D eigenvalue weighted by molar-refractivity contribution is 6.14. The molecular weight excluding hydrogens is 979 g/mol. The molecule has 0 radical (unpaired) electrons. The monoisotopic (exact) mass is 1050 g/mol. The van der Waals surface area contributed by atoms with Gasteiger partial charge in [0.2, 0.25) is 0 Å². The SMILES string of the molecule is Cc1c(NC(=O)N2CCOCC2)ccc2c1c1ccccc1n2C(C)C.Cc1c(NC(=O)N2CCOCC2)ccc2c1c1ccccc1n2C(C)C.Cc1c(NC(=O)N2CCOCC2)ccc2c1c1ccccc1n2C(C)C. The van der Waals surface area contributed by atoms with Gasteiger partial charge in [0.25, 0.3) is 0 Å². The van der Waals surface area contributed by atoms with Gasteiger partial charge in [-0.1, -0.05) is 54.6 Å². The van der Waals surface area contributed by atoms with Crippen LogP contribution in [0.3, 0.4) is 0 Å². The minimum atomic E-state index is -0.0525. The maximum atomic E-state index is 12.6. The first-order valence-corrected chi connectivity index (χ1v) is 27.7. The number of fused-ring (bicyclic) bond motifs is 9. The molecule has 3 fully saturated rings. The normalized spacial score (nSPS) is 15.2. The Hall–Kier alpha value is -7.59. The van der Waals surface area contributed by atoms with Crippen molar-refractivity contribution in [1.29, 1.82) is 0 Å². The molecule has 6 amide bonds. The minimum Gasteiger partial charge on any atom is -0.378 e. The molecule has 408 valence electrons. The second-order valence-corrected chi connectivity index (χ2v) is 21.4. The number of aryl methyl sites for hydroxylation is 3. The molecule has 3 aliphatic rings. The standard InChI is InChI=1S/3C21H25N3O2/c3*1-14(2)24-18-7-5-4-6-16(18)20-15(3)17(8-9-19(20)24)22-21(25)23-10-12-26-13-11-23/h3*4-9,14H,10-13H2,1-3H3,(H,22,25). The van der Waals surface area contributed by atoms with Gasteiger partial charge in [0, 0.05) is 140 Å². The van der Waals surface area contributed by atoms with E-state index in [0.717, 1.165) is 33.8 Å². The highest BCUT2D eigenvalue weighted by Crippen LogP contribution is 2.40. The Balaban J connectivity index is 0.000000132. The average molecular weight is 1050 g/mol. The summed E-state index contributed by atoms with van der Waals surface area (Å²) >= 11 is 0. The lowest BCUT2D eigenvalue weighted by Crippen LogP contribution is -2.43. The summed E-state index contributed by atoms with van der Waals surface area (Å²) in [6.07, 6.45) is 0. The lowest BCUT2D eigenvalue weighted by Gasteiger charge is -2.27. The molecule has 0 atom stereocenters. The summed E-state index contributed by atoms with van der Waals surface area (Å²) in [7, 11) is 0. The van der Waals surface area contributed by atoms with E-state index in [2.05, 4.69) is 183 Å². The van der Waals surface area contributed by atoms with E-state index < -0.39 is 0 Å². The number of hydrogen-bond donors (Lipinski definition) is 3. The van der Waals surface area contributed by atoms with Crippen molar-refractivity contribution >= 4 is 101 Å². The first kappa shape index (κ1) is 53.8. The molecule has 0 unspecified atom stereocenters. The molecule has 78 heavy (non-hydrogen) atoms. The molecule has 15 heteroatoms. The number of para-hydroxylation sites is 3. The zero-order valence-electron chi connectivity index (χ0n) is 46.7. The minimum absolute atomic E-state index is 0.0525. The topological polar surface area (TPSA) is 140 Å². The summed E-state index contributed by atoms with van der Waals surface area (Å²) < 4.78 is 23.1. The van der Waals surface area contributed by atoms with Crippen molar-refractivity contribution in [2.24, 2.45) is 0 Å². The number of morpholine rings is 3. The summed E-state index contributed by atoms with van der Waals surface area (Å²) in [6, 6.07) is 38.8. The van der Waals surface area contributed by atoms with E-state index in [0.29, 0.717) is 97.0 Å². The zero-order valence-corrected chi connectivity index (χ0v) is 46.7. The average Bonchev–Trinajstić information content (AvgIpc) is 4.27. The van der Waals surface area contributed by atoms with Crippen molar-refractivity contribution in [2.75, 3.05) is 94.9 Å². The molecule has 3 N–H and O–H groups in total. The Morgan fingerprint density at radius 3 is 0.846 bits per heavy atom. The van der Waals surface area contributed by atoms with Crippen LogP contribution < -0.4 is 16.0 Å². The Morgan fingerprint density at radius 2 is 0.603 bits per heavy atom. The fraction of sp³-hybridized carbons (Fsp3) is 0.381. The third-order valence-corrected chi connectivity index (χ3v) is 15.6. The summed E-state index contributed by atoms with van der Waals surface area (Å²) in [4.78, 5) is 43.2. The molecule has 3 saturated heterocycles. The first-order chi connectivity index (χ1) is 37.7. The van der Waals surface area contributed by atoms with Crippen molar-refractivity contribution in [3.8, 4) is 0 Å². The van der Waals surface area contributed by atoms with Gasteiger partial charge in [0.1, 0.15) is 0 Å². The van der Waals surface area contributed by atoms with Crippen molar-refractivity contribution in [3.63, 3.8) is 0 Å². The number of ether oxygens (including phenoxy) is 3. The molecular formula is C63H75N9O6. The van der Waals surface area contributed by atoms with Gasteiger partial charge in [-0.3, -0.25) is 0 Å². The first-order valence-electron chi connectivity index (χ1n) is 27.7. The van der Waals surface area contributed by atoms with Gasteiger partial charge in [0.15, 0.2) is 0 Å². The lowest BCUT2D eigenvalue weighted by molar-refractivity contribution is 0.0564. The molecule has 9 aromatic rings. The van der Waals surface area contributed by atoms with Gasteiger partial charge < -0.3 is 58.6 Å². The summed E-state index contributed by atoms with van der Waals surface area (Å²) in [5.74, 6) is 0. The highest BCUT2D eigenvalue weighted by atomic mass is 16.5. The van der Waals surface area contributed by atoms with Gasteiger partial charge in [-0.05, 0) is 134 Å². The van der Waals surface area contributed by atoms with Gasteiger partial charge >= 0.3 is 18.1 Å². The maximum Gasteiger partial charge on any atom is 0.322 e. The van der Waals surface area contributed by atoms with Gasteiger partial charge in [-0.2, -0.15) is 0 Å². The molecule has 0 aliphatic carbocycles. The van der Waals surface area contributed by atoms with Crippen LogP contribution in [0.25, 0.3) is 65.4 Å². The van der Waals surface area contributed by atoms with Crippen LogP contribution in [0.15, 0.2) is 109 Å². The van der Waals surface area contributed by atoms with Crippen LogP contribution in [0, 0.1) is 20.8 Å². The molecule has 3 aromatic heterocycles. The second kappa shape index (κ2) is 23.2. The number of nitrogens with one attached hydrogen (secondary N) is 3. The molecule has 0 spiro atoms. The Bertz CT molecular complexity index is 3280. The van der Waals surface area contributed by atoms with E-state index in [1.165, 1.54) is 65.4 Å². The van der Waals surface area contributed by atoms with E-state index >= 15 is 0 Å². The Labute approximate surface area is 456 Å². The van der Waals surface area contributed by atoms with E-state index in [1.54, 1.807) is 0 Å². The number of carbonyl (C=O) groups is 3. The zero-order chi connectivity index (χ0) is 54.8. The second-order valence-electron chi connectivity index (χ2n) is 21.4. The molecule has 15 nitrogen and oxygen atoms in total. The Kier molecular flexibility index (Phi) is 16.0. The fourth-order valence-electron chi connectivity index (χ4n) is 11.7. The molecule has 6 aromatic carbocycles. The molecule has 0 saturated carbocycles. The number of benzene rings is 6. The Morgan fingerprint density at radius 1 is 0.359 bits per heavy atom. The van der Waals surface area contributed by atoms with Crippen molar-refractivity contribution in [1.82, 2.24) is 28.4 Å². The van der Waals surface area contributed by atoms with E-state index in [4.69, 9.17) is 14.2 Å². The molecule has 12 rings (SSSR count). The van der Waals surface area contributed by atoms with Crippen LogP contribution in [-0.4, -0.2) is 125 Å². The number of anilines is 3. The molecule has 6 heterocycles. The van der Waals surface area contributed by atoms with Crippen LogP contribution in [0.5, 0.6) is 0 Å². The van der Waals surface area contributed by atoms with Crippen LogP contribution in [-0.2, 0) is 14.2 Å². The van der Waals surface area contributed by atoms with Gasteiger partial charge in [-0.15, -0.1) is 0 Å². The third kappa shape index (κ3) is 10.5. The maximum absolute atomic E-state index is 12.6. The number of carbonyl (C=O) groups excluding carboxylic acids is 3. The number of hydrogen-bond acceptors (Lipinski definition) is 6. The summed E-state index contributed by atoms with van der Waals surface area (Å²) in [5.41, 5.74) is 13.3. The fourth-order valence-corrected chi connectivity index (χ4v) is 11.7. The van der Waals surface area contributed by atoms with Crippen molar-refractivity contribution in [3.05, 3.63) is 126 Å². The summed E-state index contributed by atoms with van der Waals surface area (Å²) in [6.45, 7) is 27.0. The largest absolute Gasteiger partial charge is 0.378 e. The van der Waals surface area contributed by atoms with Crippen LogP contribution in [0.4, 0.5) is 31.4 Å². The number of aromatic nitrogens is 3. The molecule has 0 bridgehead atoms. The number of nitrogens with zero attached hydrogens (tertiary/aromatic N) is 6. The van der Waals surface area contributed by atoms with E-state index in [9.17, 15) is 14.4 Å². The predicted octanol–water partition coefficient (Wildman–Crippen LogP) is 13.6. The van der Waals surface area contributed by atoms with Crippen LogP contribution >= 0.6 is 0 Å².